The molecule has 0 saturated carbocycles. The van der Waals surface area contributed by atoms with Gasteiger partial charge in [0.1, 0.15) is 0 Å². The Morgan fingerprint density at radius 3 is 2.79 bits per heavy atom. The van der Waals surface area contributed by atoms with Crippen LogP contribution in [0.15, 0.2) is 46.3 Å². The molecule has 0 bridgehead atoms. The number of hydrogen-bond donors (Lipinski definition) is 1. The summed E-state index contributed by atoms with van der Waals surface area (Å²) in [5.74, 6) is -0.00837. The molecule has 0 radical (unpaired) electrons. The monoisotopic (exact) mass is 338 g/mol. The number of para-hydroxylation sites is 1. The summed E-state index contributed by atoms with van der Waals surface area (Å²) in [5, 5.41) is 4.94. The summed E-state index contributed by atoms with van der Waals surface area (Å²) in [4.78, 5) is 15.2. The van der Waals surface area contributed by atoms with Gasteiger partial charge in [0.05, 0.1) is 12.2 Å². The lowest BCUT2D eigenvalue weighted by Crippen LogP contribution is -2.29. The molecule has 0 saturated heterocycles. The number of benzene rings is 1. The van der Waals surface area contributed by atoms with E-state index in [1.807, 2.05) is 47.7 Å². The second kappa shape index (κ2) is 6.84. The van der Waals surface area contributed by atoms with Crippen molar-refractivity contribution in [2.45, 2.75) is 6.54 Å². The van der Waals surface area contributed by atoms with Gasteiger partial charge in [-0.3, -0.25) is 9.69 Å². The fourth-order valence-electron chi connectivity index (χ4n) is 1.72. The van der Waals surface area contributed by atoms with Crippen molar-refractivity contribution < 1.29 is 4.79 Å². The van der Waals surface area contributed by atoms with Gasteiger partial charge in [-0.15, -0.1) is 11.3 Å². The van der Waals surface area contributed by atoms with Gasteiger partial charge in [-0.05, 0) is 46.6 Å². The number of anilines is 1. The third-order valence-corrected chi connectivity index (χ3v) is 4.12. The number of nitrogens with zero attached hydrogens (tertiary/aromatic N) is 1. The van der Waals surface area contributed by atoms with Crippen LogP contribution in [0.3, 0.4) is 0 Å². The zero-order valence-electron chi connectivity index (χ0n) is 10.6. The molecular formula is C14H15BrN2OS. The van der Waals surface area contributed by atoms with E-state index >= 15 is 0 Å². The maximum absolute atomic E-state index is 11.9. The van der Waals surface area contributed by atoms with Crippen molar-refractivity contribution in [1.29, 1.82) is 0 Å². The Kier molecular flexibility index (Phi) is 5.13. The Balaban J connectivity index is 1.86. The summed E-state index contributed by atoms with van der Waals surface area (Å²) in [6.07, 6.45) is 0. The molecule has 0 aliphatic carbocycles. The standard InChI is InChI=1S/C14H15BrN2OS/c1-17(9-11-5-4-8-19-11)10-14(18)16-13-7-3-2-6-12(13)15/h2-8H,9-10H2,1H3,(H,16,18). The van der Waals surface area contributed by atoms with Gasteiger partial charge in [-0.2, -0.15) is 0 Å². The quantitative estimate of drug-likeness (QED) is 0.903. The lowest BCUT2D eigenvalue weighted by Gasteiger charge is -2.15. The zero-order valence-corrected chi connectivity index (χ0v) is 13.0. The lowest BCUT2D eigenvalue weighted by molar-refractivity contribution is -0.117. The molecule has 1 amide bonds. The van der Waals surface area contributed by atoms with Crippen molar-refractivity contribution in [2.75, 3.05) is 18.9 Å². The van der Waals surface area contributed by atoms with E-state index in [1.165, 1.54) is 4.88 Å². The number of rotatable bonds is 5. The second-order valence-corrected chi connectivity index (χ2v) is 6.17. The topological polar surface area (TPSA) is 32.3 Å². The van der Waals surface area contributed by atoms with Crippen LogP contribution >= 0.6 is 27.3 Å². The fourth-order valence-corrected chi connectivity index (χ4v) is 2.89. The van der Waals surface area contributed by atoms with Crippen LogP contribution in [0.2, 0.25) is 0 Å². The van der Waals surface area contributed by atoms with Gasteiger partial charge in [0.15, 0.2) is 0 Å². The average molecular weight is 339 g/mol. The van der Waals surface area contributed by atoms with Gasteiger partial charge in [-0.25, -0.2) is 0 Å². The van der Waals surface area contributed by atoms with E-state index in [-0.39, 0.29) is 5.91 Å². The van der Waals surface area contributed by atoms with Gasteiger partial charge < -0.3 is 5.32 Å². The van der Waals surface area contributed by atoms with E-state index in [0.717, 1.165) is 16.7 Å². The highest BCUT2D eigenvalue weighted by atomic mass is 79.9. The van der Waals surface area contributed by atoms with E-state index in [4.69, 9.17) is 0 Å². The molecule has 2 aromatic rings. The molecular weight excluding hydrogens is 324 g/mol. The minimum Gasteiger partial charge on any atom is -0.324 e. The molecule has 0 aliphatic rings. The Bertz CT molecular complexity index is 542. The van der Waals surface area contributed by atoms with Gasteiger partial charge in [0.2, 0.25) is 5.91 Å². The largest absolute Gasteiger partial charge is 0.324 e. The highest BCUT2D eigenvalue weighted by molar-refractivity contribution is 9.10. The van der Waals surface area contributed by atoms with Crippen molar-refractivity contribution in [3.8, 4) is 0 Å². The highest BCUT2D eigenvalue weighted by Gasteiger charge is 2.09. The smallest absolute Gasteiger partial charge is 0.238 e. The van der Waals surface area contributed by atoms with Gasteiger partial charge >= 0.3 is 0 Å². The molecule has 19 heavy (non-hydrogen) atoms. The van der Waals surface area contributed by atoms with Crippen LogP contribution < -0.4 is 5.32 Å². The van der Waals surface area contributed by atoms with E-state index in [9.17, 15) is 4.79 Å². The number of carbonyl (C=O) groups is 1. The van der Waals surface area contributed by atoms with E-state index in [1.54, 1.807) is 11.3 Å². The summed E-state index contributed by atoms with van der Waals surface area (Å²) < 4.78 is 0.893. The Morgan fingerprint density at radius 1 is 1.32 bits per heavy atom. The van der Waals surface area contributed by atoms with Crippen molar-refractivity contribution in [3.05, 3.63) is 51.1 Å². The molecule has 0 unspecified atom stereocenters. The number of amides is 1. The van der Waals surface area contributed by atoms with Crippen LogP contribution in [-0.2, 0) is 11.3 Å². The van der Waals surface area contributed by atoms with E-state index < -0.39 is 0 Å². The first-order valence-corrected chi connectivity index (χ1v) is 7.58. The Morgan fingerprint density at radius 2 is 2.11 bits per heavy atom. The first kappa shape index (κ1) is 14.2. The van der Waals surface area contributed by atoms with Gasteiger partial charge in [0.25, 0.3) is 0 Å². The molecule has 1 heterocycles. The van der Waals surface area contributed by atoms with Crippen LogP contribution in [-0.4, -0.2) is 24.4 Å². The van der Waals surface area contributed by atoms with Gasteiger partial charge in [-0.1, -0.05) is 18.2 Å². The minimum atomic E-state index is -0.00837. The third-order valence-electron chi connectivity index (χ3n) is 2.57. The van der Waals surface area contributed by atoms with Crippen molar-refractivity contribution in [2.24, 2.45) is 0 Å². The summed E-state index contributed by atoms with van der Waals surface area (Å²) >= 11 is 5.12. The molecule has 0 spiro atoms. The summed E-state index contributed by atoms with van der Waals surface area (Å²) in [5.41, 5.74) is 0.803. The van der Waals surface area contributed by atoms with Crippen LogP contribution in [0, 0.1) is 0 Å². The third kappa shape index (κ3) is 4.45. The highest BCUT2D eigenvalue weighted by Crippen LogP contribution is 2.21. The minimum absolute atomic E-state index is 0.00837. The zero-order chi connectivity index (χ0) is 13.7. The molecule has 0 atom stereocenters. The Labute approximate surface area is 125 Å². The maximum Gasteiger partial charge on any atom is 0.238 e. The molecule has 0 aliphatic heterocycles. The lowest BCUT2D eigenvalue weighted by atomic mass is 10.3. The Hall–Kier alpha value is -1.17. The molecule has 3 nitrogen and oxygen atoms in total. The number of hydrogen-bond acceptors (Lipinski definition) is 3. The number of halogens is 1. The van der Waals surface area contributed by atoms with Crippen molar-refractivity contribution in [3.63, 3.8) is 0 Å². The SMILES string of the molecule is CN(CC(=O)Nc1ccccc1Br)Cc1cccs1. The summed E-state index contributed by atoms with van der Waals surface area (Å²) in [7, 11) is 1.94. The molecule has 0 fully saturated rings. The molecule has 1 aromatic heterocycles. The van der Waals surface area contributed by atoms with Crippen molar-refractivity contribution >= 4 is 38.9 Å². The average Bonchev–Trinajstić information content (AvgIpc) is 2.84. The van der Waals surface area contributed by atoms with Crippen LogP contribution in [0.5, 0.6) is 0 Å². The molecule has 5 heteroatoms. The first-order chi connectivity index (χ1) is 9.15. The van der Waals surface area contributed by atoms with Crippen LogP contribution in [0.4, 0.5) is 5.69 Å². The number of thiophene rings is 1. The predicted molar refractivity (Wildman–Crippen MR) is 83.4 cm³/mol. The molecule has 100 valence electrons. The van der Waals surface area contributed by atoms with Gasteiger partial charge in [0, 0.05) is 15.9 Å². The predicted octanol–water partition coefficient (Wildman–Crippen LogP) is 3.58. The van der Waals surface area contributed by atoms with Crippen LogP contribution in [0.25, 0.3) is 0 Å². The van der Waals surface area contributed by atoms with Crippen molar-refractivity contribution in [1.82, 2.24) is 4.90 Å². The number of nitrogens with one attached hydrogen (secondary N) is 1. The molecule has 2 rings (SSSR count). The maximum atomic E-state index is 11.9. The van der Waals surface area contributed by atoms with E-state index in [0.29, 0.717) is 6.54 Å². The second-order valence-electron chi connectivity index (χ2n) is 4.28. The normalized spacial score (nSPS) is 10.7. The molecule has 1 aromatic carbocycles. The van der Waals surface area contributed by atoms with Crippen LogP contribution in [0.1, 0.15) is 4.88 Å². The summed E-state index contributed by atoms with van der Waals surface area (Å²) in [6.45, 7) is 1.17. The number of likely N-dealkylation sites (N-methyl/N-ethyl adjacent to an activating group) is 1. The number of carbonyl (C=O) groups excluding carboxylic acids is 1. The summed E-state index contributed by atoms with van der Waals surface area (Å²) in [6, 6.07) is 11.7. The fraction of sp³-hybridized carbons (Fsp3) is 0.214. The molecule has 1 N–H and O–H groups in total. The van der Waals surface area contributed by atoms with E-state index in [2.05, 4.69) is 27.3 Å². The first-order valence-electron chi connectivity index (χ1n) is 5.90.